The molecular weight excluding hydrogens is 238 g/mol. The largest absolute Gasteiger partial charge is 0.380 e. The van der Waals surface area contributed by atoms with Crippen molar-refractivity contribution in [3.05, 3.63) is 23.4 Å². The standard InChI is InChI=1S/C15H23N3O/c1-12-11-16-6-5-13-3-4-14(17-15(12)13)18-7-2-9-19-10-8-18/h3-4,12,16H,2,5-11H2,1H3/t12-/m0/s1. The second-order valence-electron chi connectivity index (χ2n) is 5.52. The molecule has 2 aliphatic heterocycles. The highest BCUT2D eigenvalue weighted by Crippen LogP contribution is 2.24. The third-order valence-electron chi connectivity index (χ3n) is 4.03. The molecule has 1 atom stereocenters. The first kappa shape index (κ1) is 12.9. The van der Waals surface area contributed by atoms with Crippen LogP contribution in [0.4, 0.5) is 5.82 Å². The first-order chi connectivity index (χ1) is 9.34. The normalized spacial score (nSPS) is 24.5. The molecule has 0 unspecified atom stereocenters. The molecule has 4 heteroatoms. The zero-order valence-corrected chi connectivity index (χ0v) is 11.7. The number of anilines is 1. The van der Waals surface area contributed by atoms with Crippen LogP contribution < -0.4 is 10.2 Å². The van der Waals surface area contributed by atoms with Gasteiger partial charge in [0.15, 0.2) is 0 Å². The molecule has 0 spiro atoms. The number of pyridine rings is 1. The fourth-order valence-electron chi connectivity index (χ4n) is 2.92. The van der Waals surface area contributed by atoms with Crippen molar-refractivity contribution in [1.82, 2.24) is 10.3 Å². The SMILES string of the molecule is C[C@H]1CNCCc2ccc(N3CCCOCC3)nc21. The van der Waals surface area contributed by atoms with Crippen molar-refractivity contribution in [3.8, 4) is 0 Å². The Morgan fingerprint density at radius 1 is 1.32 bits per heavy atom. The molecule has 0 aliphatic carbocycles. The minimum Gasteiger partial charge on any atom is -0.380 e. The summed E-state index contributed by atoms with van der Waals surface area (Å²) in [5.74, 6) is 1.62. The Balaban J connectivity index is 1.86. The number of nitrogens with zero attached hydrogens (tertiary/aromatic N) is 2. The summed E-state index contributed by atoms with van der Waals surface area (Å²) in [6.45, 7) is 8.07. The van der Waals surface area contributed by atoms with Crippen molar-refractivity contribution >= 4 is 5.82 Å². The molecule has 2 aliphatic rings. The van der Waals surface area contributed by atoms with Crippen LogP contribution in [-0.2, 0) is 11.2 Å². The molecule has 1 saturated heterocycles. The van der Waals surface area contributed by atoms with Gasteiger partial charge < -0.3 is 15.0 Å². The van der Waals surface area contributed by atoms with Gasteiger partial charge in [0.25, 0.3) is 0 Å². The van der Waals surface area contributed by atoms with Crippen molar-refractivity contribution in [2.45, 2.75) is 25.7 Å². The maximum Gasteiger partial charge on any atom is 0.128 e. The third-order valence-corrected chi connectivity index (χ3v) is 4.03. The summed E-state index contributed by atoms with van der Waals surface area (Å²) in [7, 11) is 0. The predicted molar refractivity (Wildman–Crippen MR) is 76.9 cm³/mol. The number of fused-ring (bicyclic) bond motifs is 1. The molecule has 0 amide bonds. The Bertz CT molecular complexity index is 427. The predicted octanol–water partition coefficient (Wildman–Crippen LogP) is 1.56. The number of ether oxygens (including phenoxy) is 1. The van der Waals surface area contributed by atoms with E-state index in [1.807, 2.05) is 0 Å². The Morgan fingerprint density at radius 3 is 3.21 bits per heavy atom. The smallest absolute Gasteiger partial charge is 0.128 e. The van der Waals surface area contributed by atoms with Gasteiger partial charge in [-0.25, -0.2) is 4.98 Å². The van der Waals surface area contributed by atoms with Gasteiger partial charge in [0.1, 0.15) is 5.82 Å². The van der Waals surface area contributed by atoms with Gasteiger partial charge in [-0.05, 0) is 31.0 Å². The minimum absolute atomic E-state index is 0.501. The van der Waals surface area contributed by atoms with E-state index in [0.717, 1.165) is 58.1 Å². The van der Waals surface area contributed by atoms with Crippen molar-refractivity contribution in [3.63, 3.8) is 0 Å². The summed E-state index contributed by atoms with van der Waals surface area (Å²) >= 11 is 0. The second kappa shape index (κ2) is 5.88. The summed E-state index contributed by atoms with van der Waals surface area (Å²) in [4.78, 5) is 7.31. The highest BCUT2D eigenvalue weighted by atomic mass is 16.5. The van der Waals surface area contributed by atoms with E-state index in [1.165, 1.54) is 11.3 Å². The lowest BCUT2D eigenvalue weighted by molar-refractivity contribution is 0.152. The van der Waals surface area contributed by atoms with Crippen LogP contribution in [0.1, 0.15) is 30.5 Å². The molecule has 0 aromatic carbocycles. The van der Waals surface area contributed by atoms with Gasteiger partial charge >= 0.3 is 0 Å². The van der Waals surface area contributed by atoms with E-state index < -0.39 is 0 Å². The summed E-state index contributed by atoms with van der Waals surface area (Å²) in [6.07, 6.45) is 2.19. The molecule has 3 rings (SSSR count). The number of rotatable bonds is 1. The van der Waals surface area contributed by atoms with Crippen LogP contribution in [-0.4, -0.2) is 44.4 Å². The first-order valence-electron chi connectivity index (χ1n) is 7.38. The van der Waals surface area contributed by atoms with E-state index in [-0.39, 0.29) is 0 Å². The van der Waals surface area contributed by atoms with Crippen LogP contribution in [0.25, 0.3) is 0 Å². The number of aromatic nitrogens is 1. The number of hydrogen-bond acceptors (Lipinski definition) is 4. The lowest BCUT2D eigenvalue weighted by Gasteiger charge is -2.23. The average Bonchev–Trinajstić information content (AvgIpc) is 2.80. The van der Waals surface area contributed by atoms with Crippen LogP contribution in [0.5, 0.6) is 0 Å². The first-order valence-corrected chi connectivity index (χ1v) is 7.38. The van der Waals surface area contributed by atoms with Crippen LogP contribution in [0.15, 0.2) is 12.1 Å². The van der Waals surface area contributed by atoms with Crippen molar-refractivity contribution in [2.24, 2.45) is 0 Å². The molecule has 0 radical (unpaired) electrons. The second-order valence-corrected chi connectivity index (χ2v) is 5.52. The van der Waals surface area contributed by atoms with Crippen molar-refractivity contribution in [1.29, 1.82) is 0 Å². The Labute approximate surface area is 115 Å². The van der Waals surface area contributed by atoms with Gasteiger partial charge in [0.2, 0.25) is 0 Å². The lowest BCUT2D eigenvalue weighted by atomic mass is 10.0. The molecule has 1 aromatic heterocycles. The molecule has 1 aromatic rings. The average molecular weight is 261 g/mol. The highest BCUT2D eigenvalue weighted by molar-refractivity contribution is 5.43. The van der Waals surface area contributed by atoms with Gasteiger partial charge in [0, 0.05) is 32.2 Å². The van der Waals surface area contributed by atoms with E-state index in [1.54, 1.807) is 0 Å². The summed E-state index contributed by atoms with van der Waals surface area (Å²) in [6, 6.07) is 4.45. The Kier molecular flexibility index (Phi) is 3.99. The van der Waals surface area contributed by atoms with Gasteiger partial charge in [-0.15, -0.1) is 0 Å². The molecular formula is C15H23N3O. The Morgan fingerprint density at radius 2 is 2.26 bits per heavy atom. The van der Waals surface area contributed by atoms with Crippen LogP contribution in [0.2, 0.25) is 0 Å². The van der Waals surface area contributed by atoms with Gasteiger partial charge in [-0.1, -0.05) is 13.0 Å². The lowest BCUT2D eigenvalue weighted by Crippen LogP contribution is -2.27. The summed E-state index contributed by atoms with van der Waals surface area (Å²) in [5.41, 5.74) is 2.69. The van der Waals surface area contributed by atoms with E-state index in [4.69, 9.17) is 9.72 Å². The van der Waals surface area contributed by atoms with Gasteiger partial charge in [0.05, 0.1) is 12.3 Å². The zero-order valence-electron chi connectivity index (χ0n) is 11.7. The van der Waals surface area contributed by atoms with Crippen LogP contribution in [0.3, 0.4) is 0 Å². The van der Waals surface area contributed by atoms with Crippen LogP contribution >= 0.6 is 0 Å². The molecule has 3 heterocycles. The zero-order chi connectivity index (χ0) is 13.1. The van der Waals surface area contributed by atoms with E-state index >= 15 is 0 Å². The third kappa shape index (κ3) is 2.90. The Hall–Kier alpha value is -1.13. The van der Waals surface area contributed by atoms with Crippen molar-refractivity contribution in [2.75, 3.05) is 44.3 Å². The van der Waals surface area contributed by atoms with E-state index in [0.29, 0.717) is 5.92 Å². The highest BCUT2D eigenvalue weighted by Gasteiger charge is 2.18. The van der Waals surface area contributed by atoms with Gasteiger partial charge in [-0.2, -0.15) is 0 Å². The fraction of sp³-hybridized carbons (Fsp3) is 0.667. The van der Waals surface area contributed by atoms with Crippen LogP contribution in [0, 0.1) is 0 Å². The maximum absolute atomic E-state index is 5.52. The van der Waals surface area contributed by atoms with E-state index in [9.17, 15) is 0 Å². The van der Waals surface area contributed by atoms with Crippen molar-refractivity contribution < 1.29 is 4.74 Å². The molecule has 1 fully saturated rings. The maximum atomic E-state index is 5.52. The molecule has 0 bridgehead atoms. The monoisotopic (exact) mass is 261 g/mol. The molecule has 104 valence electrons. The topological polar surface area (TPSA) is 37.4 Å². The van der Waals surface area contributed by atoms with Gasteiger partial charge in [-0.3, -0.25) is 0 Å². The fourth-order valence-corrected chi connectivity index (χ4v) is 2.92. The summed E-state index contributed by atoms with van der Waals surface area (Å²) in [5, 5.41) is 3.48. The quantitative estimate of drug-likeness (QED) is 0.832. The van der Waals surface area contributed by atoms with E-state index in [2.05, 4.69) is 29.3 Å². The molecule has 4 nitrogen and oxygen atoms in total. The number of hydrogen-bond donors (Lipinski definition) is 1. The minimum atomic E-state index is 0.501. The summed E-state index contributed by atoms with van der Waals surface area (Å²) < 4.78 is 5.52. The molecule has 1 N–H and O–H groups in total. The molecule has 19 heavy (non-hydrogen) atoms. The number of nitrogens with one attached hydrogen (secondary N) is 1. The molecule has 0 saturated carbocycles.